The van der Waals surface area contributed by atoms with Gasteiger partial charge in [0.2, 0.25) is 0 Å². The Hall–Kier alpha value is -0.980. The molecule has 0 radical (unpaired) electrons. The Bertz CT molecular complexity index is 287. The Morgan fingerprint density at radius 1 is 1.07 bits per heavy atom. The highest BCUT2D eigenvalue weighted by Crippen LogP contribution is 2.28. The smallest absolute Gasteiger partial charge is 0.0346 e. The minimum Gasteiger partial charge on any atom is -0.399 e. The van der Waals surface area contributed by atoms with Gasteiger partial charge >= 0.3 is 0 Å². The minimum absolute atomic E-state index is 0.883. The summed E-state index contributed by atoms with van der Waals surface area (Å²) in [5.74, 6) is 0.883. The van der Waals surface area contributed by atoms with Gasteiger partial charge in [-0.3, -0.25) is 0 Å². The molecule has 1 aliphatic rings. The van der Waals surface area contributed by atoms with Crippen molar-refractivity contribution >= 4 is 5.69 Å². The Morgan fingerprint density at radius 2 is 1.79 bits per heavy atom. The van der Waals surface area contributed by atoms with Crippen molar-refractivity contribution < 1.29 is 0 Å². The fraction of sp³-hybridized carbons (Fsp3) is 0.538. The predicted molar refractivity (Wildman–Crippen MR) is 61.1 cm³/mol. The van der Waals surface area contributed by atoms with Gasteiger partial charge in [-0.2, -0.15) is 0 Å². The van der Waals surface area contributed by atoms with Crippen molar-refractivity contribution in [3.05, 3.63) is 29.8 Å². The first-order chi connectivity index (χ1) is 6.86. The van der Waals surface area contributed by atoms with E-state index in [1.807, 2.05) is 12.1 Å². The molecule has 0 aliphatic heterocycles. The molecular weight excluding hydrogens is 170 g/mol. The zero-order valence-electron chi connectivity index (χ0n) is 8.71. The maximum Gasteiger partial charge on any atom is 0.0346 e. The van der Waals surface area contributed by atoms with Gasteiger partial charge in [0.1, 0.15) is 0 Å². The fourth-order valence-electron chi connectivity index (χ4n) is 2.42. The zero-order valence-corrected chi connectivity index (χ0v) is 8.71. The molecule has 1 aliphatic carbocycles. The summed E-state index contributed by atoms with van der Waals surface area (Å²) in [6.45, 7) is 0. The maximum atomic E-state index is 5.94. The zero-order chi connectivity index (χ0) is 9.80. The van der Waals surface area contributed by atoms with Gasteiger partial charge in [-0.1, -0.05) is 50.3 Å². The Morgan fingerprint density at radius 3 is 2.50 bits per heavy atom. The Labute approximate surface area is 86.3 Å². The van der Waals surface area contributed by atoms with Crippen LogP contribution in [0.4, 0.5) is 5.69 Å². The van der Waals surface area contributed by atoms with Gasteiger partial charge in [-0.25, -0.2) is 0 Å². The van der Waals surface area contributed by atoms with Crippen molar-refractivity contribution in [1.82, 2.24) is 0 Å². The summed E-state index contributed by atoms with van der Waals surface area (Å²) in [4.78, 5) is 0. The normalized spacial score (nSPS) is 18.3. The quantitative estimate of drug-likeness (QED) is 0.709. The molecule has 1 saturated carbocycles. The number of nitrogen functional groups attached to an aromatic ring is 1. The van der Waals surface area contributed by atoms with E-state index in [4.69, 9.17) is 5.73 Å². The second-order valence-corrected chi connectivity index (χ2v) is 4.41. The molecule has 0 bridgehead atoms. The Kier molecular flexibility index (Phi) is 3.07. The van der Waals surface area contributed by atoms with Crippen molar-refractivity contribution in [2.75, 3.05) is 5.73 Å². The van der Waals surface area contributed by atoms with Gasteiger partial charge < -0.3 is 5.73 Å². The Balaban J connectivity index is 1.99. The molecule has 0 amide bonds. The van der Waals surface area contributed by atoms with Crippen LogP contribution in [0, 0.1) is 5.92 Å². The number of hydrogen-bond acceptors (Lipinski definition) is 1. The summed E-state index contributed by atoms with van der Waals surface area (Å²) in [6.07, 6.45) is 8.24. The molecule has 1 aromatic carbocycles. The lowest BCUT2D eigenvalue weighted by atomic mass is 9.84. The third-order valence-electron chi connectivity index (χ3n) is 3.29. The van der Waals surface area contributed by atoms with Crippen LogP contribution in [0.3, 0.4) is 0 Å². The molecule has 0 atom stereocenters. The van der Waals surface area contributed by atoms with Crippen molar-refractivity contribution in [2.45, 2.75) is 38.5 Å². The van der Waals surface area contributed by atoms with Crippen LogP contribution in [-0.2, 0) is 6.42 Å². The van der Waals surface area contributed by atoms with E-state index in [1.165, 1.54) is 44.1 Å². The molecule has 0 saturated heterocycles. The fourth-order valence-corrected chi connectivity index (χ4v) is 2.42. The van der Waals surface area contributed by atoms with Crippen LogP contribution in [0.2, 0.25) is 0 Å². The van der Waals surface area contributed by atoms with Crippen LogP contribution in [0.5, 0.6) is 0 Å². The van der Waals surface area contributed by atoms with Crippen molar-refractivity contribution in [1.29, 1.82) is 0 Å². The predicted octanol–water partition coefficient (Wildman–Crippen LogP) is 3.39. The second-order valence-electron chi connectivity index (χ2n) is 4.41. The highest BCUT2D eigenvalue weighted by Gasteiger charge is 2.14. The van der Waals surface area contributed by atoms with E-state index in [0.717, 1.165) is 11.6 Å². The molecular formula is C13H19N. The molecule has 1 heteroatoms. The summed E-state index contributed by atoms with van der Waals surface area (Å²) in [6, 6.07) is 8.29. The van der Waals surface area contributed by atoms with Crippen LogP contribution < -0.4 is 5.73 Å². The molecule has 1 nitrogen and oxygen atoms in total. The first-order valence-corrected chi connectivity index (χ1v) is 5.69. The lowest BCUT2D eigenvalue weighted by molar-refractivity contribution is 0.357. The summed E-state index contributed by atoms with van der Waals surface area (Å²) < 4.78 is 0. The van der Waals surface area contributed by atoms with E-state index in [-0.39, 0.29) is 0 Å². The van der Waals surface area contributed by atoms with Gasteiger partial charge in [-0.05, 0) is 24.0 Å². The highest BCUT2D eigenvalue weighted by atomic mass is 14.6. The summed E-state index contributed by atoms with van der Waals surface area (Å²) >= 11 is 0. The van der Waals surface area contributed by atoms with E-state index in [2.05, 4.69) is 12.1 Å². The van der Waals surface area contributed by atoms with Gasteiger partial charge in [-0.15, -0.1) is 0 Å². The SMILES string of the molecule is Nc1ccccc1CC1CCCCC1. The van der Waals surface area contributed by atoms with Crippen LogP contribution in [-0.4, -0.2) is 0 Å². The lowest BCUT2D eigenvalue weighted by Crippen LogP contribution is -2.10. The minimum atomic E-state index is 0.883. The molecule has 2 rings (SSSR count). The molecule has 2 N–H and O–H groups in total. The lowest BCUT2D eigenvalue weighted by Gasteiger charge is -2.22. The van der Waals surface area contributed by atoms with E-state index >= 15 is 0 Å². The molecule has 0 spiro atoms. The number of nitrogens with two attached hydrogens (primary N) is 1. The molecule has 0 unspecified atom stereocenters. The topological polar surface area (TPSA) is 26.0 Å². The number of hydrogen-bond donors (Lipinski definition) is 1. The standard InChI is InChI=1S/C13H19N/c14-13-9-5-4-8-12(13)10-11-6-2-1-3-7-11/h4-5,8-9,11H,1-3,6-7,10,14H2. The number of rotatable bonds is 2. The number of anilines is 1. The van der Waals surface area contributed by atoms with Crippen molar-refractivity contribution in [2.24, 2.45) is 5.92 Å². The third-order valence-corrected chi connectivity index (χ3v) is 3.29. The average molecular weight is 189 g/mol. The van der Waals surface area contributed by atoms with Crippen LogP contribution >= 0.6 is 0 Å². The number of para-hydroxylation sites is 1. The van der Waals surface area contributed by atoms with Gasteiger partial charge in [0.15, 0.2) is 0 Å². The van der Waals surface area contributed by atoms with Crippen LogP contribution in [0.25, 0.3) is 0 Å². The molecule has 1 aromatic rings. The molecule has 0 aromatic heterocycles. The summed E-state index contributed by atoms with van der Waals surface area (Å²) in [5.41, 5.74) is 8.25. The molecule has 1 fully saturated rings. The van der Waals surface area contributed by atoms with E-state index in [9.17, 15) is 0 Å². The largest absolute Gasteiger partial charge is 0.399 e. The summed E-state index contributed by atoms with van der Waals surface area (Å²) in [7, 11) is 0. The number of benzene rings is 1. The molecule has 76 valence electrons. The van der Waals surface area contributed by atoms with Crippen LogP contribution in [0.1, 0.15) is 37.7 Å². The van der Waals surface area contributed by atoms with Gasteiger partial charge in [0.05, 0.1) is 0 Å². The molecule has 0 heterocycles. The monoisotopic (exact) mass is 189 g/mol. The van der Waals surface area contributed by atoms with Gasteiger partial charge in [0.25, 0.3) is 0 Å². The summed E-state index contributed by atoms with van der Waals surface area (Å²) in [5, 5.41) is 0. The first kappa shape index (κ1) is 9.57. The van der Waals surface area contributed by atoms with E-state index in [0.29, 0.717) is 0 Å². The average Bonchev–Trinajstić information content (AvgIpc) is 2.23. The molecule has 14 heavy (non-hydrogen) atoms. The van der Waals surface area contributed by atoms with E-state index in [1.54, 1.807) is 0 Å². The third kappa shape index (κ3) is 2.28. The van der Waals surface area contributed by atoms with E-state index < -0.39 is 0 Å². The highest BCUT2D eigenvalue weighted by molar-refractivity contribution is 5.46. The van der Waals surface area contributed by atoms with Crippen LogP contribution in [0.15, 0.2) is 24.3 Å². The van der Waals surface area contributed by atoms with Crippen molar-refractivity contribution in [3.8, 4) is 0 Å². The first-order valence-electron chi connectivity index (χ1n) is 5.69. The second kappa shape index (κ2) is 4.50. The maximum absolute atomic E-state index is 5.94. The van der Waals surface area contributed by atoms with Crippen molar-refractivity contribution in [3.63, 3.8) is 0 Å². The van der Waals surface area contributed by atoms with Gasteiger partial charge in [0, 0.05) is 5.69 Å².